The molecule has 0 saturated carbocycles. The summed E-state index contributed by atoms with van der Waals surface area (Å²) in [4.78, 5) is 7.92. The SMILES string of the molecule is CCCCc1ccc(N(c2ccccc2)c2cc3c4c(c2)N2c5ccccc5C5(c6ccccc6-c6ccccc65)c5cccc(c52)B4N(c2cc4c(cc2C)C(C)(C)CCC4(C)C)c2ccc4c(oc5ccccc54)c2-3)cc1. The van der Waals surface area contributed by atoms with Crippen molar-refractivity contribution in [3.05, 3.63) is 251 Å². The van der Waals surface area contributed by atoms with Crippen LogP contribution in [0.1, 0.15) is 105 Å². The largest absolute Gasteiger partial charge is 0.455 e. The summed E-state index contributed by atoms with van der Waals surface area (Å²) in [5, 5.41) is 2.26. The van der Waals surface area contributed by atoms with Gasteiger partial charge in [0.25, 0.3) is 0 Å². The van der Waals surface area contributed by atoms with Crippen LogP contribution in [0.2, 0.25) is 0 Å². The first-order chi connectivity index (χ1) is 38.6. The molecule has 382 valence electrons. The zero-order valence-corrected chi connectivity index (χ0v) is 46.0. The van der Waals surface area contributed by atoms with Gasteiger partial charge >= 0.3 is 6.85 Å². The Kier molecular flexibility index (Phi) is 9.86. The van der Waals surface area contributed by atoms with Crippen LogP contribution in [0.25, 0.3) is 44.2 Å². The Bertz CT molecular complexity index is 4310. The number of hydrogen-bond donors (Lipinski definition) is 0. The van der Waals surface area contributed by atoms with Crippen molar-refractivity contribution in [1.29, 1.82) is 0 Å². The summed E-state index contributed by atoms with van der Waals surface area (Å²) in [6.07, 6.45) is 5.70. The molecule has 79 heavy (non-hydrogen) atoms. The summed E-state index contributed by atoms with van der Waals surface area (Å²) in [6.45, 7) is 14.3. The number of fused-ring (bicyclic) bond motifs is 18. The molecule has 5 aliphatic rings. The van der Waals surface area contributed by atoms with Gasteiger partial charge in [-0.3, -0.25) is 0 Å². The molecule has 1 spiro atoms. The normalized spacial score (nSPS) is 16.0. The summed E-state index contributed by atoms with van der Waals surface area (Å²) in [5.41, 5.74) is 29.0. The van der Waals surface area contributed by atoms with Gasteiger partial charge in [-0.05, 0) is 182 Å². The molecule has 4 nitrogen and oxygen atoms in total. The van der Waals surface area contributed by atoms with Crippen LogP contribution in [0.3, 0.4) is 0 Å². The van der Waals surface area contributed by atoms with E-state index in [1.807, 2.05) is 0 Å². The molecule has 1 aromatic heterocycles. The number of rotatable bonds is 7. The van der Waals surface area contributed by atoms with Crippen molar-refractivity contribution >= 4 is 85.2 Å². The van der Waals surface area contributed by atoms with Crippen molar-refractivity contribution in [2.24, 2.45) is 0 Å². The van der Waals surface area contributed by atoms with Crippen LogP contribution < -0.4 is 25.5 Å². The highest BCUT2D eigenvalue weighted by atomic mass is 16.3. The molecule has 0 fully saturated rings. The average Bonchev–Trinajstić information content (AvgIpc) is 4.26. The minimum absolute atomic E-state index is 0.00367. The van der Waals surface area contributed by atoms with E-state index in [1.165, 1.54) is 108 Å². The number of benzene rings is 10. The Morgan fingerprint density at radius 2 is 1.15 bits per heavy atom. The number of aryl methyl sites for hydroxylation is 2. The highest BCUT2D eigenvalue weighted by molar-refractivity contribution is 6.94. The zero-order chi connectivity index (χ0) is 53.1. The predicted octanol–water partition coefficient (Wildman–Crippen LogP) is 18.4. The van der Waals surface area contributed by atoms with Crippen molar-refractivity contribution in [2.45, 2.75) is 89.9 Å². The van der Waals surface area contributed by atoms with Gasteiger partial charge in [-0.2, -0.15) is 0 Å². The number of furan rings is 1. The Morgan fingerprint density at radius 3 is 1.90 bits per heavy atom. The number of unbranched alkanes of at least 4 members (excludes halogenated alkanes) is 1. The molecule has 16 rings (SSSR count). The fourth-order valence-corrected chi connectivity index (χ4v) is 15.3. The second kappa shape index (κ2) is 16.7. The molecule has 4 heterocycles. The van der Waals surface area contributed by atoms with Crippen LogP contribution in [0.15, 0.2) is 211 Å². The highest BCUT2D eigenvalue weighted by Crippen LogP contribution is 2.65. The van der Waals surface area contributed by atoms with Crippen LogP contribution in [0, 0.1) is 6.92 Å². The Labute approximate surface area is 464 Å². The Hall–Kier alpha value is -8.54. The Balaban J connectivity index is 1.07. The molecular formula is C74H62BN3O. The molecule has 0 unspecified atom stereocenters. The molecule has 0 radical (unpaired) electrons. The first-order valence-corrected chi connectivity index (χ1v) is 28.8. The monoisotopic (exact) mass is 1020 g/mol. The summed E-state index contributed by atoms with van der Waals surface area (Å²) in [6, 6.07) is 79.0. The smallest absolute Gasteiger partial charge is 0.333 e. The lowest BCUT2D eigenvalue weighted by Gasteiger charge is -2.52. The third-order valence-corrected chi connectivity index (χ3v) is 19.2. The number of hydrogen-bond acceptors (Lipinski definition) is 4. The van der Waals surface area contributed by atoms with Crippen LogP contribution in [-0.4, -0.2) is 6.85 Å². The first-order valence-electron chi connectivity index (χ1n) is 28.8. The Morgan fingerprint density at radius 1 is 0.506 bits per heavy atom. The average molecular weight is 1020 g/mol. The predicted molar refractivity (Wildman–Crippen MR) is 332 cm³/mol. The van der Waals surface area contributed by atoms with Crippen molar-refractivity contribution in [2.75, 3.05) is 14.6 Å². The fraction of sp³-hybridized carbons (Fsp3) is 0.189. The van der Waals surface area contributed by atoms with Crippen LogP contribution >= 0.6 is 0 Å². The van der Waals surface area contributed by atoms with Crippen LogP contribution in [0.5, 0.6) is 0 Å². The molecule has 0 saturated heterocycles. The van der Waals surface area contributed by atoms with Gasteiger partial charge in [0.2, 0.25) is 0 Å². The van der Waals surface area contributed by atoms with Gasteiger partial charge in [-0.25, -0.2) is 0 Å². The van der Waals surface area contributed by atoms with Gasteiger partial charge in [0.1, 0.15) is 11.2 Å². The number of para-hydroxylation sites is 4. The maximum Gasteiger partial charge on any atom is 0.333 e. The molecule has 0 N–H and O–H groups in total. The van der Waals surface area contributed by atoms with Crippen molar-refractivity contribution in [3.8, 4) is 22.3 Å². The van der Waals surface area contributed by atoms with E-state index >= 15 is 0 Å². The first kappa shape index (κ1) is 46.6. The van der Waals surface area contributed by atoms with Crippen LogP contribution in [0.4, 0.5) is 45.5 Å². The number of anilines is 8. The van der Waals surface area contributed by atoms with E-state index in [1.54, 1.807) is 0 Å². The third kappa shape index (κ3) is 6.33. The molecule has 5 heteroatoms. The van der Waals surface area contributed by atoms with Crippen molar-refractivity contribution in [3.63, 3.8) is 0 Å². The molecule has 0 bridgehead atoms. The topological polar surface area (TPSA) is 22.9 Å². The minimum atomic E-state index is -0.575. The standard InChI is InChI=1S/C74H62BN3O/c1-7-8-21-47-34-36-49(37-35-47)76(48-22-10-9-11-23-48)50-43-55-68-64(39-38-54-53-26-14-19-33-67(53)79-71(54)68)78(65-45-61-60(42-46(65)2)72(3,4)40-41-73(61,5)6)75-62-31-20-30-59-70(62)77(66(44-50)69(55)75)63-32-18-17-29-58(63)74(59)56-27-15-12-24-51(56)52-25-13-16-28-57(52)74/h9-20,22-39,42-45H,7-8,21,40-41H2,1-6H3. The minimum Gasteiger partial charge on any atom is -0.455 e. The summed E-state index contributed by atoms with van der Waals surface area (Å²) >= 11 is 0. The second-order valence-corrected chi connectivity index (χ2v) is 24.5. The second-order valence-electron chi connectivity index (χ2n) is 24.5. The van der Waals surface area contributed by atoms with Crippen molar-refractivity contribution in [1.82, 2.24) is 0 Å². The van der Waals surface area contributed by atoms with Crippen molar-refractivity contribution < 1.29 is 4.42 Å². The molecule has 3 aliphatic heterocycles. The number of nitrogens with zero attached hydrogens (tertiary/aromatic N) is 3. The lowest BCUT2D eigenvalue weighted by Crippen LogP contribution is -2.63. The summed E-state index contributed by atoms with van der Waals surface area (Å²) < 4.78 is 7.30. The molecule has 11 aromatic rings. The maximum absolute atomic E-state index is 7.30. The lowest BCUT2D eigenvalue weighted by molar-refractivity contribution is 0.332. The van der Waals surface area contributed by atoms with Gasteiger partial charge in [0, 0.05) is 56.1 Å². The highest BCUT2D eigenvalue weighted by Gasteiger charge is 2.56. The maximum atomic E-state index is 7.30. The summed E-state index contributed by atoms with van der Waals surface area (Å²) in [5.74, 6) is 0. The van der Waals surface area contributed by atoms with E-state index in [0.717, 1.165) is 69.5 Å². The van der Waals surface area contributed by atoms with E-state index in [-0.39, 0.29) is 17.7 Å². The quantitative estimate of drug-likeness (QED) is 0.148. The van der Waals surface area contributed by atoms with E-state index in [0.29, 0.717) is 0 Å². The van der Waals surface area contributed by atoms with Crippen LogP contribution in [-0.2, 0) is 22.7 Å². The van der Waals surface area contributed by atoms with E-state index in [2.05, 4.69) is 262 Å². The zero-order valence-electron chi connectivity index (χ0n) is 46.0. The third-order valence-electron chi connectivity index (χ3n) is 19.2. The summed E-state index contributed by atoms with van der Waals surface area (Å²) in [7, 11) is 0. The van der Waals surface area contributed by atoms with Gasteiger partial charge in [-0.15, -0.1) is 0 Å². The van der Waals surface area contributed by atoms with Gasteiger partial charge < -0.3 is 19.0 Å². The van der Waals surface area contributed by atoms with E-state index in [9.17, 15) is 0 Å². The van der Waals surface area contributed by atoms with Gasteiger partial charge in [0.15, 0.2) is 0 Å². The molecule has 10 aromatic carbocycles. The van der Waals surface area contributed by atoms with E-state index in [4.69, 9.17) is 4.42 Å². The van der Waals surface area contributed by atoms with Gasteiger partial charge in [-0.1, -0.05) is 181 Å². The molecular weight excluding hydrogens is 958 g/mol. The van der Waals surface area contributed by atoms with Gasteiger partial charge in [0.05, 0.1) is 11.1 Å². The lowest BCUT2D eigenvalue weighted by atomic mass is 9.42. The molecule has 0 atom stereocenters. The molecule has 2 aliphatic carbocycles. The molecule has 0 amide bonds. The fourth-order valence-electron chi connectivity index (χ4n) is 15.3. The van der Waals surface area contributed by atoms with E-state index < -0.39 is 5.41 Å².